The minimum absolute atomic E-state index is 0.214. The summed E-state index contributed by atoms with van der Waals surface area (Å²) < 4.78 is 16.0. The molecule has 0 amide bonds. The topological polar surface area (TPSA) is 82.5 Å². The van der Waals surface area contributed by atoms with Crippen molar-refractivity contribution in [1.29, 1.82) is 0 Å². The molecule has 6 aromatic rings. The Kier molecular flexibility index (Phi) is 5.62. The number of hydrogen-bond acceptors (Lipinski definition) is 5. The molecule has 3 heterocycles. The Morgan fingerprint density at radius 1 is 0.730 bits per heavy atom. The molecular formula is C29H20ClFN6. The predicted octanol–water partition coefficient (Wildman–Crippen LogP) is 6.10. The first kappa shape index (κ1) is 22.8. The van der Waals surface area contributed by atoms with Gasteiger partial charge in [0.2, 0.25) is 0 Å². The van der Waals surface area contributed by atoms with E-state index in [4.69, 9.17) is 22.3 Å². The number of halogens is 2. The van der Waals surface area contributed by atoms with E-state index in [9.17, 15) is 4.39 Å². The summed E-state index contributed by atoms with van der Waals surface area (Å²) in [5.74, 6) is -0.715. The Morgan fingerprint density at radius 3 is 1.78 bits per heavy atom. The van der Waals surface area contributed by atoms with Crippen LogP contribution >= 0.6 is 11.6 Å². The normalized spacial score (nSPS) is 11.6. The van der Waals surface area contributed by atoms with Crippen molar-refractivity contribution in [3.8, 4) is 11.4 Å². The van der Waals surface area contributed by atoms with E-state index in [1.807, 2.05) is 60.8 Å². The van der Waals surface area contributed by atoms with Gasteiger partial charge in [-0.15, -0.1) is 0 Å². The number of hydrogen-bond donors (Lipinski definition) is 1. The van der Waals surface area contributed by atoms with Gasteiger partial charge in [0, 0.05) is 6.20 Å². The zero-order valence-corrected chi connectivity index (χ0v) is 20.2. The summed E-state index contributed by atoms with van der Waals surface area (Å²) in [5, 5.41) is 0.214. The van der Waals surface area contributed by atoms with E-state index in [1.54, 1.807) is 0 Å². The molecule has 0 unspecified atom stereocenters. The second kappa shape index (κ2) is 9.11. The van der Waals surface area contributed by atoms with Crippen LogP contribution in [0.25, 0.3) is 22.6 Å². The van der Waals surface area contributed by atoms with Crippen LogP contribution in [0.5, 0.6) is 0 Å². The van der Waals surface area contributed by atoms with Gasteiger partial charge in [-0.1, -0.05) is 103 Å². The van der Waals surface area contributed by atoms with Crippen LogP contribution in [0.3, 0.4) is 0 Å². The molecule has 6 nitrogen and oxygen atoms in total. The number of anilines is 1. The summed E-state index contributed by atoms with van der Waals surface area (Å²) >= 11 is 6.30. The SMILES string of the molecule is Nc1nc(-c2cn(C(c3ccccc3)(c3ccccc3)c3ccccc3)c3ncc(Cl)nc23)ncc1F. The fourth-order valence-electron chi connectivity index (χ4n) is 4.85. The van der Waals surface area contributed by atoms with Crippen molar-refractivity contribution in [2.45, 2.75) is 5.54 Å². The number of nitrogens with two attached hydrogens (primary N) is 1. The van der Waals surface area contributed by atoms with Gasteiger partial charge in [-0.25, -0.2) is 24.3 Å². The molecule has 6 rings (SSSR count). The van der Waals surface area contributed by atoms with Crippen molar-refractivity contribution >= 4 is 28.6 Å². The molecule has 8 heteroatoms. The lowest BCUT2D eigenvalue weighted by Gasteiger charge is -2.38. The smallest absolute Gasteiger partial charge is 0.183 e. The largest absolute Gasteiger partial charge is 0.381 e. The average Bonchev–Trinajstić information content (AvgIpc) is 3.31. The summed E-state index contributed by atoms with van der Waals surface area (Å²) in [6.45, 7) is 0. The van der Waals surface area contributed by atoms with Crippen LogP contribution in [0.4, 0.5) is 10.2 Å². The fraction of sp³-hybridized carbons (Fsp3) is 0.0345. The maximum absolute atomic E-state index is 13.9. The Bertz CT molecular complexity index is 1610. The molecule has 37 heavy (non-hydrogen) atoms. The second-order valence-corrected chi connectivity index (χ2v) is 8.90. The van der Waals surface area contributed by atoms with Gasteiger partial charge >= 0.3 is 0 Å². The molecule has 0 saturated carbocycles. The number of aromatic nitrogens is 5. The van der Waals surface area contributed by atoms with Gasteiger partial charge in [-0.3, -0.25) is 0 Å². The third-order valence-electron chi connectivity index (χ3n) is 6.41. The van der Waals surface area contributed by atoms with Gasteiger partial charge in [0.25, 0.3) is 0 Å². The minimum atomic E-state index is -0.853. The van der Waals surface area contributed by atoms with Gasteiger partial charge in [0.15, 0.2) is 23.1 Å². The molecule has 0 aliphatic heterocycles. The van der Waals surface area contributed by atoms with E-state index in [0.717, 1.165) is 22.9 Å². The van der Waals surface area contributed by atoms with Crippen molar-refractivity contribution in [3.05, 3.63) is 137 Å². The van der Waals surface area contributed by atoms with Gasteiger partial charge in [-0.05, 0) is 16.7 Å². The summed E-state index contributed by atoms with van der Waals surface area (Å²) in [5.41, 5.74) is 9.54. The van der Waals surface area contributed by atoms with Crippen LogP contribution in [0, 0.1) is 5.82 Å². The first-order valence-electron chi connectivity index (χ1n) is 11.6. The molecule has 2 N–H and O–H groups in total. The predicted molar refractivity (Wildman–Crippen MR) is 143 cm³/mol. The average molecular weight is 507 g/mol. The van der Waals surface area contributed by atoms with Gasteiger partial charge in [0.05, 0.1) is 18.0 Å². The summed E-state index contributed by atoms with van der Waals surface area (Å²) in [7, 11) is 0. The second-order valence-electron chi connectivity index (χ2n) is 8.51. The quantitative estimate of drug-likeness (QED) is 0.285. The summed E-state index contributed by atoms with van der Waals surface area (Å²) in [6, 6.07) is 30.5. The lowest BCUT2D eigenvalue weighted by Crippen LogP contribution is -2.37. The molecule has 0 atom stereocenters. The van der Waals surface area contributed by atoms with Crippen LogP contribution in [0.15, 0.2) is 110 Å². The van der Waals surface area contributed by atoms with Gasteiger partial charge in [0.1, 0.15) is 16.2 Å². The number of fused-ring (bicyclic) bond motifs is 1. The molecular weight excluding hydrogens is 487 g/mol. The Labute approximate surface area is 217 Å². The molecule has 180 valence electrons. The van der Waals surface area contributed by atoms with Crippen LogP contribution in [-0.2, 0) is 5.54 Å². The molecule has 0 radical (unpaired) electrons. The van der Waals surface area contributed by atoms with Gasteiger partial charge in [-0.2, -0.15) is 0 Å². The van der Waals surface area contributed by atoms with E-state index in [-0.39, 0.29) is 16.8 Å². The van der Waals surface area contributed by atoms with E-state index in [0.29, 0.717) is 16.7 Å². The third-order valence-corrected chi connectivity index (χ3v) is 6.60. The molecule has 0 spiro atoms. The van der Waals surface area contributed by atoms with Crippen molar-refractivity contribution in [2.75, 3.05) is 5.73 Å². The zero-order valence-electron chi connectivity index (χ0n) is 19.5. The maximum atomic E-state index is 13.9. The summed E-state index contributed by atoms with van der Waals surface area (Å²) in [6.07, 6.45) is 4.45. The van der Waals surface area contributed by atoms with Crippen molar-refractivity contribution in [2.24, 2.45) is 0 Å². The lowest BCUT2D eigenvalue weighted by atomic mass is 9.76. The monoisotopic (exact) mass is 506 g/mol. The Hall–Kier alpha value is -4.62. The standard InChI is InChI=1S/C29H20ClFN6/c30-24-17-34-28-25(35-24)22(27-33-16-23(31)26(32)36-27)18-37(28)29(19-10-4-1-5-11-19,20-12-6-2-7-13-20)21-14-8-3-9-15-21/h1-18H,(H2,32,33,36). The molecule has 3 aromatic carbocycles. The van der Waals surface area contributed by atoms with Crippen LogP contribution < -0.4 is 5.73 Å². The third kappa shape index (κ3) is 3.72. The van der Waals surface area contributed by atoms with Crippen LogP contribution in [0.1, 0.15) is 16.7 Å². The highest BCUT2D eigenvalue weighted by Crippen LogP contribution is 2.44. The highest BCUT2D eigenvalue weighted by molar-refractivity contribution is 6.29. The molecule has 0 saturated heterocycles. The van der Waals surface area contributed by atoms with Crippen molar-refractivity contribution < 1.29 is 4.39 Å². The van der Waals surface area contributed by atoms with E-state index < -0.39 is 11.4 Å². The zero-order chi connectivity index (χ0) is 25.4. The highest BCUT2D eigenvalue weighted by atomic mass is 35.5. The molecule has 3 aromatic heterocycles. The molecule has 0 bridgehead atoms. The fourth-order valence-corrected chi connectivity index (χ4v) is 4.99. The lowest BCUT2D eigenvalue weighted by molar-refractivity contribution is 0.530. The number of rotatable bonds is 5. The Morgan fingerprint density at radius 2 is 1.27 bits per heavy atom. The maximum Gasteiger partial charge on any atom is 0.183 e. The molecule has 0 fully saturated rings. The van der Waals surface area contributed by atoms with Crippen molar-refractivity contribution in [3.63, 3.8) is 0 Å². The van der Waals surface area contributed by atoms with E-state index >= 15 is 0 Å². The van der Waals surface area contributed by atoms with Crippen molar-refractivity contribution in [1.82, 2.24) is 24.5 Å². The van der Waals surface area contributed by atoms with E-state index in [2.05, 4.69) is 55.9 Å². The first-order chi connectivity index (χ1) is 18.1. The Balaban J connectivity index is 1.79. The summed E-state index contributed by atoms with van der Waals surface area (Å²) in [4.78, 5) is 17.7. The number of nitrogens with zero attached hydrogens (tertiary/aromatic N) is 5. The minimum Gasteiger partial charge on any atom is -0.381 e. The number of nitrogen functional groups attached to an aromatic ring is 1. The van der Waals surface area contributed by atoms with Crippen LogP contribution in [0.2, 0.25) is 5.15 Å². The van der Waals surface area contributed by atoms with Gasteiger partial charge < -0.3 is 10.3 Å². The van der Waals surface area contributed by atoms with E-state index in [1.165, 1.54) is 6.20 Å². The molecule has 0 aliphatic rings. The number of benzene rings is 3. The first-order valence-corrected chi connectivity index (χ1v) is 12.0. The van der Waals surface area contributed by atoms with Crippen LogP contribution in [-0.4, -0.2) is 24.5 Å². The molecule has 0 aliphatic carbocycles. The highest BCUT2D eigenvalue weighted by Gasteiger charge is 2.40.